The molecule has 2 heterocycles. The quantitative estimate of drug-likeness (QED) is 0.814. The van der Waals surface area contributed by atoms with E-state index in [4.69, 9.17) is 0 Å². The van der Waals surface area contributed by atoms with Crippen molar-refractivity contribution in [1.29, 1.82) is 0 Å². The summed E-state index contributed by atoms with van der Waals surface area (Å²) in [6.07, 6.45) is 1.12. The molecule has 4 amide bonds. The number of hydrogen-bond acceptors (Lipinski definition) is 3. The largest absolute Gasteiger partial charge is 0.342 e. The number of anilines is 1. The van der Waals surface area contributed by atoms with Gasteiger partial charge >= 0.3 is 6.03 Å². The molecule has 7 heteroatoms. The average molecular weight is 316 g/mol. The number of urea groups is 1. The Bertz CT molecular complexity index is 584. The van der Waals surface area contributed by atoms with Crippen molar-refractivity contribution in [3.8, 4) is 0 Å². The van der Waals surface area contributed by atoms with Gasteiger partial charge in [-0.15, -0.1) is 0 Å². The predicted molar refractivity (Wildman–Crippen MR) is 84.9 cm³/mol. The van der Waals surface area contributed by atoms with Crippen molar-refractivity contribution in [3.05, 3.63) is 30.3 Å². The molecule has 2 aliphatic rings. The van der Waals surface area contributed by atoms with Crippen LogP contribution < -0.4 is 10.2 Å². The van der Waals surface area contributed by atoms with Gasteiger partial charge < -0.3 is 20.0 Å². The standard InChI is InChI=1S/C16H20N4O3/c21-12-18-6-8-19(9-7-18)16(23)17-13-10-15(22)20(11-13)14-4-2-1-3-5-14/h1-5,12-13H,6-11H2,(H,17,23)/t13-/m0/s1. The normalized spacial score (nSPS) is 21.5. The van der Waals surface area contributed by atoms with Crippen LogP contribution in [0.5, 0.6) is 0 Å². The van der Waals surface area contributed by atoms with Crippen LogP contribution in [0.25, 0.3) is 0 Å². The van der Waals surface area contributed by atoms with Gasteiger partial charge in [0.15, 0.2) is 0 Å². The number of carbonyl (C=O) groups excluding carboxylic acids is 3. The molecule has 3 rings (SSSR count). The summed E-state index contributed by atoms with van der Waals surface area (Å²) in [7, 11) is 0. The van der Waals surface area contributed by atoms with Gasteiger partial charge in [0.25, 0.3) is 0 Å². The van der Waals surface area contributed by atoms with Crippen LogP contribution in [-0.4, -0.2) is 66.9 Å². The molecule has 1 N–H and O–H groups in total. The maximum atomic E-state index is 12.3. The molecule has 1 atom stereocenters. The minimum Gasteiger partial charge on any atom is -0.342 e. The van der Waals surface area contributed by atoms with Gasteiger partial charge in [0, 0.05) is 44.8 Å². The summed E-state index contributed by atoms with van der Waals surface area (Å²) >= 11 is 0. The molecule has 1 aromatic rings. The third-order valence-corrected chi connectivity index (χ3v) is 4.27. The molecule has 0 saturated carbocycles. The Morgan fingerprint density at radius 2 is 1.83 bits per heavy atom. The van der Waals surface area contributed by atoms with Crippen LogP contribution in [0.2, 0.25) is 0 Å². The highest BCUT2D eigenvalue weighted by molar-refractivity contribution is 5.96. The summed E-state index contributed by atoms with van der Waals surface area (Å²) in [6, 6.07) is 9.12. The number of nitrogens with zero attached hydrogens (tertiary/aromatic N) is 3. The van der Waals surface area contributed by atoms with Crippen LogP contribution in [0.15, 0.2) is 30.3 Å². The summed E-state index contributed by atoms with van der Waals surface area (Å²) in [5.74, 6) is 0.0206. The first-order chi connectivity index (χ1) is 11.2. The molecule has 0 aliphatic carbocycles. The fourth-order valence-corrected chi connectivity index (χ4v) is 2.96. The van der Waals surface area contributed by atoms with Gasteiger partial charge in [-0.25, -0.2) is 4.79 Å². The molecule has 0 spiro atoms. The molecule has 0 radical (unpaired) electrons. The monoisotopic (exact) mass is 316 g/mol. The summed E-state index contributed by atoms with van der Waals surface area (Å²) in [6.45, 7) is 2.64. The van der Waals surface area contributed by atoms with Crippen molar-refractivity contribution in [2.45, 2.75) is 12.5 Å². The first kappa shape index (κ1) is 15.3. The van der Waals surface area contributed by atoms with E-state index in [2.05, 4.69) is 5.32 Å². The van der Waals surface area contributed by atoms with Crippen molar-refractivity contribution in [2.24, 2.45) is 0 Å². The van der Waals surface area contributed by atoms with Gasteiger partial charge in [-0.2, -0.15) is 0 Å². The van der Waals surface area contributed by atoms with Crippen LogP contribution in [0.1, 0.15) is 6.42 Å². The van der Waals surface area contributed by atoms with E-state index < -0.39 is 0 Å². The van der Waals surface area contributed by atoms with Crippen LogP contribution in [0.3, 0.4) is 0 Å². The average Bonchev–Trinajstić information content (AvgIpc) is 2.96. The Morgan fingerprint density at radius 1 is 1.13 bits per heavy atom. The van der Waals surface area contributed by atoms with Gasteiger partial charge in [0.1, 0.15) is 0 Å². The second-order valence-electron chi connectivity index (χ2n) is 5.82. The molecule has 1 aromatic carbocycles. The van der Waals surface area contributed by atoms with Crippen LogP contribution >= 0.6 is 0 Å². The Morgan fingerprint density at radius 3 is 2.48 bits per heavy atom. The third-order valence-electron chi connectivity index (χ3n) is 4.27. The molecule has 0 unspecified atom stereocenters. The second-order valence-corrected chi connectivity index (χ2v) is 5.82. The number of para-hydroxylation sites is 1. The van der Waals surface area contributed by atoms with Crippen molar-refractivity contribution in [1.82, 2.24) is 15.1 Å². The van der Waals surface area contributed by atoms with Crippen molar-refractivity contribution in [3.63, 3.8) is 0 Å². The van der Waals surface area contributed by atoms with E-state index in [9.17, 15) is 14.4 Å². The third kappa shape index (κ3) is 3.44. The molecular weight excluding hydrogens is 296 g/mol. The second kappa shape index (κ2) is 6.68. The molecule has 2 saturated heterocycles. The van der Waals surface area contributed by atoms with E-state index in [-0.39, 0.29) is 18.0 Å². The smallest absolute Gasteiger partial charge is 0.317 e. The molecule has 122 valence electrons. The molecule has 0 bridgehead atoms. The molecule has 2 fully saturated rings. The van der Waals surface area contributed by atoms with E-state index in [1.165, 1.54) is 0 Å². The predicted octanol–water partition coefficient (Wildman–Crippen LogP) is 0.275. The van der Waals surface area contributed by atoms with Crippen LogP contribution in [0.4, 0.5) is 10.5 Å². The van der Waals surface area contributed by atoms with E-state index in [1.54, 1.807) is 14.7 Å². The lowest BCUT2D eigenvalue weighted by atomic mass is 10.2. The zero-order valence-corrected chi connectivity index (χ0v) is 12.9. The van der Waals surface area contributed by atoms with Gasteiger partial charge in [0.2, 0.25) is 12.3 Å². The number of benzene rings is 1. The zero-order valence-electron chi connectivity index (χ0n) is 12.9. The Balaban J connectivity index is 1.54. The number of piperazine rings is 1. The summed E-state index contributed by atoms with van der Waals surface area (Å²) < 4.78 is 0. The topological polar surface area (TPSA) is 73.0 Å². The maximum Gasteiger partial charge on any atom is 0.317 e. The highest BCUT2D eigenvalue weighted by Crippen LogP contribution is 2.21. The maximum absolute atomic E-state index is 12.3. The molecular formula is C16H20N4O3. The fraction of sp³-hybridized carbons (Fsp3) is 0.438. The first-order valence-electron chi connectivity index (χ1n) is 7.77. The zero-order chi connectivity index (χ0) is 16.2. The first-order valence-corrected chi connectivity index (χ1v) is 7.77. The highest BCUT2D eigenvalue weighted by Gasteiger charge is 2.32. The van der Waals surface area contributed by atoms with Gasteiger partial charge in [-0.1, -0.05) is 18.2 Å². The number of nitrogens with one attached hydrogen (secondary N) is 1. The number of carbonyl (C=O) groups is 3. The summed E-state index contributed by atoms with van der Waals surface area (Å²) in [5.41, 5.74) is 0.855. The SMILES string of the molecule is O=CN1CCN(C(=O)N[C@H]2CC(=O)N(c3ccccc3)C2)CC1. The van der Waals surface area contributed by atoms with E-state index in [1.807, 2.05) is 30.3 Å². The lowest BCUT2D eigenvalue weighted by Crippen LogP contribution is -2.53. The highest BCUT2D eigenvalue weighted by atomic mass is 16.2. The Kier molecular flexibility index (Phi) is 4.45. The van der Waals surface area contributed by atoms with Gasteiger partial charge in [-0.3, -0.25) is 9.59 Å². The van der Waals surface area contributed by atoms with Gasteiger partial charge in [-0.05, 0) is 12.1 Å². The lowest BCUT2D eigenvalue weighted by molar-refractivity contribution is -0.119. The summed E-state index contributed by atoms with van der Waals surface area (Å²) in [4.78, 5) is 40.1. The lowest BCUT2D eigenvalue weighted by Gasteiger charge is -2.33. The van der Waals surface area contributed by atoms with Crippen molar-refractivity contribution < 1.29 is 14.4 Å². The van der Waals surface area contributed by atoms with Crippen molar-refractivity contribution >= 4 is 24.0 Å². The van der Waals surface area contributed by atoms with Crippen LogP contribution in [-0.2, 0) is 9.59 Å². The van der Waals surface area contributed by atoms with E-state index in [0.29, 0.717) is 39.1 Å². The number of rotatable bonds is 3. The Hall–Kier alpha value is -2.57. The number of amides is 4. The molecule has 23 heavy (non-hydrogen) atoms. The molecule has 2 aliphatic heterocycles. The van der Waals surface area contributed by atoms with Crippen molar-refractivity contribution in [2.75, 3.05) is 37.6 Å². The van der Waals surface area contributed by atoms with Gasteiger partial charge in [0.05, 0.1) is 6.04 Å². The van der Waals surface area contributed by atoms with E-state index in [0.717, 1.165) is 12.1 Å². The van der Waals surface area contributed by atoms with E-state index >= 15 is 0 Å². The Labute approximate surface area is 134 Å². The summed E-state index contributed by atoms with van der Waals surface area (Å²) in [5, 5.41) is 2.93. The molecule has 7 nitrogen and oxygen atoms in total. The number of hydrogen-bond donors (Lipinski definition) is 1. The van der Waals surface area contributed by atoms with Crippen LogP contribution in [0, 0.1) is 0 Å². The minimum atomic E-state index is -0.181. The molecule has 0 aromatic heterocycles. The minimum absolute atomic E-state index is 0.0206. The fourth-order valence-electron chi connectivity index (χ4n) is 2.96.